The first-order chi connectivity index (χ1) is 12.2. The van der Waals surface area contributed by atoms with Crippen LogP contribution in [0.1, 0.15) is 22.0 Å². The molecular formula is C21H22N2OS. The molecule has 2 aromatic carbocycles. The number of amides is 1. The summed E-state index contributed by atoms with van der Waals surface area (Å²) in [6.45, 7) is 0.575. The van der Waals surface area contributed by atoms with Gasteiger partial charge in [-0.25, -0.2) is 0 Å². The highest BCUT2D eigenvalue weighted by molar-refractivity contribution is 7.07. The molecule has 0 aliphatic rings. The Morgan fingerprint density at radius 1 is 1.04 bits per heavy atom. The monoisotopic (exact) mass is 350 g/mol. The fraction of sp³-hybridized carbons (Fsp3) is 0.190. The van der Waals surface area contributed by atoms with Gasteiger partial charge >= 0.3 is 0 Å². The zero-order valence-electron chi connectivity index (χ0n) is 14.5. The number of hydrogen-bond acceptors (Lipinski definition) is 3. The Morgan fingerprint density at radius 3 is 2.44 bits per heavy atom. The first kappa shape index (κ1) is 17.4. The van der Waals surface area contributed by atoms with Gasteiger partial charge in [-0.1, -0.05) is 48.5 Å². The zero-order chi connectivity index (χ0) is 17.6. The Bertz CT molecular complexity index is 813. The first-order valence-electron chi connectivity index (χ1n) is 8.28. The van der Waals surface area contributed by atoms with Crippen LogP contribution >= 0.6 is 11.3 Å². The molecule has 3 aromatic rings. The molecule has 128 valence electrons. The molecule has 0 spiro atoms. The van der Waals surface area contributed by atoms with Crippen molar-refractivity contribution in [2.75, 3.05) is 20.6 Å². The van der Waals surface area contributed by atoms with Crippen LogP contribution in [-0.4, -0.2) is 31.4 Å². The van der Waals surface area contributed by atoms with Crippen molar-refractivity contribution in [3.63, 3.8) is 0 Å². The molecule has 1 atom stereocenters. The van der Waals surface area contributed by atoms with Crippen LogP contribution in [0, 0.1) is 0 Å². The number of rotatable bonds is 6. The molecule has 1 aromatic heterocycles. The minimum Gasteiger partial charge on any atom is -0.350 e. The number of carbonyl (C=O) groups excluding carboxylic acids is 1. The highest BCUT2D eigenvalue weighted by Gasteiger charge is 2.17. The average Bonchev–Trinajstić information content (AvgIpc) is 3.16. The van der Waals surface area contributed by atoms with Gasteiger partial charge in [-0.3, -0.25) is 4.79 Å². The summed E-state index contributed by atoms with van der Waals surface area (Å²) in [4.78, 5) is 14.9. The normalized spacial score (nSPS) is 12.1. The van der Waals surface area contributed by atoms with Crippen LogP contribution in [-0.2, 0) is 0 Å². The lowest BCUT2D eigenvalue weighted by Crippen LogP contribution is -2.34. The molecular weight excluding hydrogens is 328 g/mol. The van der Waals surface area contributed by atoms with Gasteiger partial charge in [-0.15, -0.1) is 0 Å². The number of nitrogens with zero attached hydrogens (tertiary/aromatic N) is 1. The molecule has 25 heavy (non-hydrogen) atoms. The fourth-order valence-corrected chi connectivity index (χ4v) is 3.61. The van der Waals surface area contributed by atoms with E-state index in [0.29, 0.717) is 12.1 Å². The van der Waals surface area contributed by atoms with E-state index in [1.165, 1.54) is 5.56 Å². The maximum atomic E-state index is 12.8. The molecule has 0 fully saturated rings. The van der Waals surface area contributed by atoms with Crippen LogP contribution in [0.15, 0.2) is 71.4 Å². The Kier molecular flexibility index (Phi) is 5.64. The molecule has 3 nitrogen and oxygen atoms in total. The third-order valence-corrected chi connectivity index (χ3v) is 4.97. The van der Waals surface area contributed by atoms with Crippen LogP contribution in [0.3, 0.4) is 0 Å². The van der Waals surface area contributed by atoms with Crippen LogP contribution in [0.25, 0.3) is 11.1 Å². The van der Waals surface area contributed by atoms with Crippen molar-refractivity contribution in [1.82, 2.24) is 10.2 Å². The Hall–Kier alpha value is -2.43. The van der Waals surface area contributed by atoms with Gasteiger partial charge in [0.2, 0.25) is 0 Å². The van der Waals surface area contributed by atoms with E-state index in [2.05, 4.69) is 27.0 Å². The van der Waals surface area contributed by atoms with E-state index in [-0.39, 0.29) is 11.9 Å². The predicted octanol–water partition coefficient (Wildman–Crippen LogP) is 4.45. The molecule has 3 rings (SSSR count). The van der Waals surface area contributed by atoms with Crippen LogP contribution < -0.4 is 5.32 Å². The lowest BCUT2D eigenvalue weighted by Gasteiger charge is -2.24. The van der Waals surface area contributed by atoms with Crippen molar-refractivity contribution in [3.8, 4) is 11.1 Å². The van der Waals surface area contributed by atoms with E-state index in [9.17, 15) is 4.79 Å². The van der Waals surface area contributed by atoms with Crippen molar-refractivity contribution < 1.29 is 4.79 Å². The van der Waals surface area contributed by atoms with Crippen molar-refractivity contribution >= 4 is 17.2 Å². The number of nitrogens with one attached hydrogen (secondary N) is 1. The van der Waals surface area contributed by atoms with Gasteiger partial charge in [0.25, 0.3) is 5.91 Å². The van der Waals surface area contributed by atoms with Gasteiger partial charge in [0.05, 0.1) is 6.04 Å². The van der Waals surface area contributed by atoms with E-state index in [1.807, 2.05) is 68.7 Å². The Labute approximate surface area is 152 Å². The van der Waals surface area contributed by atoms with Crippen molar-refractivity contribution in [2.45, 2.75) is 6.04 Å². The SMILES string of the molecule is CN(C)[C@H](CNC(=O)c1ccccc1-c1ccccc1)c1ccsc1. The van der Waals surface area contributed by atoms with Crippen molar-refractivity contribution in [1.29, 1.82) is 0 Å². The van der Waals surface area contributed by atoms with E-state index in [0.717, 1.165) is 11.1 Å². The molecule has 1 amide bonds. The highest BCUT2D eigenvalue weighted by atomic mass is 32.1. The number of benzene rings is 2. The van der Waals surface area contributed by atoms with Gasteiger partial charge in [-0.05, 0) is 53.7 Å². The van der Waals surface area contributed by atoms with E-state index >= 15 is 0 Å². The van der Waals surface area contributed by atoms with Gasteiger partial charge < -0.3 is 10.2 Å². The van der Waals surface area contributed by atoms with E-state index in [4.69, 9.17) is 0 Å². The summed E-state index contributed by atoms with van der Waals surface area (Å²) < 4.78 is 0. The van der Waals surface area contributed by atoms with Crippen molar-refractivity contribution in [2.24, 2.45) is 0 Å². The molecule has 0 saturated heterocycles. The van der Waals surface area contributed by atoms with Crippen LogP contribution in [0.5, 0.6) is 0 Å². The summed E-state index contributed by atoms with van der Waals surface area (Å²) in [7, 11) is 4.07. The molecule has 0 bridgehead atoms. The molecule has 1 heterocycles. The quantitative estimate of drug-likeness (QED) is 0.712. The smallest absolute Gasteiger partial charge is 0.251 e. The summed E-state index contributed by atoms with van der Waals surface area (Å²) >= 11 is 1.68. The minimum absolute atomic E-state index is 0.0402. The second-order valence-corrected chi connectivity index (χ2v) is 6.94. The third-order valence-electron chi connectivity index (χ3n) is 4.26. The Morgan fingerprint density at radius 2 is 1.76 bits per heavy atom. The summed E-state index contributed by atoms with van der Waals surface area (Å²) in [5.74, 6) is -0.0402. The molecule has 0 aliphatic carbocycles. The second-order valence-electron chi connectivity index (χ2n) is 6.16. The van der Waals surface area contributed by atoms with E-state index in [1.54, 1.807) is 11.3 Å². The lowest BCUT2D eigenvalue weighted by molar-refractivity contribution is 0.0942. The summed E-state index contributed by atoms with van der Waals surface area (Å²) in [6.07, 6.45) is 0. The average molecular weight is 350 g/mol. The number of thiophene rings is 1. The van der Waals surface area contributed by atoms with E-state index < -0.39 is 0 Å². The standard InChI is InChI=1S/C21H22N2OS/c1-23(2)20(17-12-13-25-15-17)14-22-21(24)19-11-7-6-10-18(19)16-8-4-3-5-9-16/h3-13,15,20H,14H2,1-2H3,(H,22,24)/t20-/m1/s1. The predicted molar refractivity (Wildman–Crippen MR) is 105 cm³/mol. The van der Waals surface area contributed by atoms with Gasteiger partial charge in [0.1, 0.15) is 0 Å². The number of carbonyl (C=O) groups is 1. The van der Waals surface area contributed by atoms with Gasteiger partial charge in [0.15, 0.2) is 0 Å². The third kappa shape index (κ3) is 4.16. The number of hydrogen-bond donors (Lipinski definition) is 1. The van der Waals surface area contributed by atoms with Crippen LogP contribution in [0.4, 0.5) is 0 Å². The number of likely N-dealkylation sites (N-methyl/N-ethyl adjacent to an activating group) is 1. The van der Waals surface area contributed by atoms with Gasteiger partial charge in [0, 0.05) is 12.1 Å². The second kappa shape index (κ2) is 8.10. The van der Waals surface area contributed by atoms with Crippen LogP contribution in [0.2, 0.25) is 0 Å². The molecule has 0 saturated carbocycles. The molecule has 4 heteroatoms. The lowest BCUT2D eigenvalue weighted by atomic mass is 9.99. The largest absolute Gasteiger partial charge is 0.350 e. The molecule has 0 aliphatic heterocycles. The molecule has 1 N–H and O–H groups in total. The Balaban J connectivity index is 1.78. The van der Waals surface area contributed by atoms with Gasteiger partial charge in [-0.2, -0.15) is 11.3 Å². The fourth-order valence-electron chi connectivity index (χ4n) is 2.90. The highest BCUT2D eigenvalue weighted by Crippen LogP contribution is 2.24. The maximum Gasteiger partial charge on any atom is 0.251 e. The molecule has 0 radical (unpaired) electrons. The summed E-state index contributed by atoms with van der Waals surface area (Å²) in [5, 5.41) is 7.30. The van der Waals surface area contributed by atoms with Crippen molar-refractivity contribution in [3.05, 3.63) is 82.6 Å². The zero-order valence-corrected chi connectivity index (χ0v) is 15.3. The first-order valence-corrected chi connectivity index (χ1v) is 9.22. The summed E-state index contributed by atoms with van der Waals surface area (Å²) in [6, 6.07) is 20.0. The summed E-state index contributed by atoms with van der Waals surface area (Å²) in [5.41, 5.74) is 3.94. The minimum atomic E-state index is -0.0402. The maximum absolute atomic E-state index is 12.8. The topological polar surface area (TPSA) is 32.3 Å². The molecule has 0 unspecified atom stereocenters.